The predicted octanol–water partition coefficient (Wildman–Crippen LogP) is 1.18. The molecule has 1 aromatic rings. The molecule has 3 heteroatoms. The van der Waals surface area contributed by atoms with Crippen molar-refractivity contribution in [2.24, 2.45) is 5.41 Å². The molecule has 1 aliphatic carbocycles. The van der Waals surface area contributed by atoms with Gasteiger partial charge in [-0.15, -0.1) is 0 Å². The van der Waals surface area contributed by atoms with Crippen LogP contribution in [0.1, 0.15) is 25.5 Å². The van der Waals surface area contributed by atoms with Crippen LogP contribution in [-0.4, -0.2) is 14.7 Å². The quantitative estimate of drug-likeness (QED) is 0.732. The Kier molecular flexibility index (Phi) is 1.68. The Morgan fingerprint density at radius 2 is 2.42 bits per heavy atom. The summed E-state index contributed by atoms with van der Waals surface area (Å²) in [5, 5.41) is 8.96. The van der Waals surface area contributed by atoms with Gasteiger partial charge >= 0.3 is 0 Å². The Morgan fingerprint density at radius 3 is 3.00 bits per heavy atom. The zero-order valence-electron chi connectivity index (χ0n) is 7.32. The summed E-state index contributed by atoms with van der Waals surface area (Å²) in [7, 11) is 0. The van der Waals surface area contributed by atoms with E-state index >= 15 is 0 Å². The molecule has 66 valence electrons. The third kappa shape index (κ3) is 1.37. The Balaban J connectivity index is 2.11. The van der Waals surface area contributed by atoms with E-state index < -0.39 is 0 Å². The maximum absolute atomic E-state index is 8.96. The van der Waals surface area contributed by atoms with Crippen LogP contribution in [-0.2, 0) is 13.2 Å². The monoisotopic (exact) mass is 166 g/mol. The SMILES string of the molecule is CC1(Cn2cncc2CO)CC1. The summed E-state index contributed by atoms with van der Waals surface area (Å²) in [5.74, 6) is 0. The minimum atomic E-state index is 0.0933. The number of aromatic nitrogens is 2. The second-order valence-corrected chi connectivity index (χ2v) is 3.98. The van der Waals surface area contributed by atoms with E-state index in [0.717, 1.165) is 12.2 Å². The van der Waals surface area contributed by atoms with E-state index in [2.05, 4.69) is 11.9 Å². The molecule has 1 fully saturated rings. The highest BCUT2D eigenvalue weighted by atomic mass is 16.3. The Bertz CT molecular complexity index is 276. The molecule has 1 aliphatic rings. The summed E-state index contributed by atoms with van der Waals surface area (Å²) in [6, 6.07) is 0. The molecule has 1 N–H and O–H groups in total. The van der Waals surface area contributed by atoms with Gasteiger partial charge in [0.15, 0.2) is 0 Å². The lowest BCUT2D eigenvalue weighted by molar-refractivity contribution is 0.266. The maximum Gasteiger partial charge on any atom is 0.0949 e. The molecule has 1 saturated carbocycles. The van der Waals surface area contributed by atoms with Gasteiger partial charge in [0.1, 0.15) is 0 Å². The first-order chi connectivity index (χ1) is 5.73. The lowest BCUT2D eigenvalue weighted by Gasteiger charge is -2.10. The Morgan fingerprint density at radius 1 is 1.67 bits per heavy atom. The maximum atomic E-state index is 8.96. The van der Waals surface area contributed by atoms with Gasteiger partial charge in [-0.3, -0.25) is 0 Å². The number of nitrogens with zero attached hydrogens (tertiary/aromatic N) is 2. The number of rotatable bonds is 3. The number of aliphatic hydroxyl groups is 1. The molecule has 0 saturated heterocycles. The van der Waals surface area contributed by atoms with Gasteiger partial charge < -0.3 is 9.67 Å². The standard InChI is InChI=1S/C9H14N2O/c1-9(2-3-9)6-11-7-10-4-8(11)5-12/h4,7,12H,2-3,5-6H2,1H3. The highest BCUT2D eigenvalue weighted by Gasteiger charge is 2.37. The second kappa shape index (κ2) is 2.59. The van der Waals surface area contributed by atoms with Crippen LogP contribution >= 0.6 is 0 Å². The average molecular weight is 166 g/mol. The van der Waals surface area contributed by atoms with Crippen molar-refractivity contribution in [1.29, 1.82) is 0 Å². The molecule has 1 heterocycles. The Labute approximate surface area is 72.0 Å². The van der Waals surface area contributed by atoms with Crippen molar-refractivity contribution in [1.82, 2.24) is 9.55 Å². The molecule has 2 rings (SSSR count). The van der Waals surface area contributed by atoms with Gasteiger partial charge in [0.2, 0.25) is 0 Å². The molecule has 12 heavy (non-hydrogen) atoms. The molecule has 0 radical (unpaired) electrons. The third-order valence-electron chi connectivity index (χ3n) is 2.62. The van der Waals surface area contributed by atoms with Gasteiger partial charge in [-0.25, -0.2) is 4.98 Å². The first-order valence-corrected chi connectivity index (χ1v) is 4.33. The van der Waals surface area contributed by atoms with Crippen molar-refractivity contribution in [3.8, 4) is 0 Å². The molecule has 0 aromatic carbocycles. The fraction of sp³-hybridized carbons (Fsp3) is 0.667. The third-order valence-corrected chi connectivity index (χ3v) is 2.62. The summed E-state index contributed by atoms with van der Waals surface area (Å²) in [4.78, 5) is 4.01. The van der Waals surface area contributed by atoms with Crippen molar-refractivity contribution in [2.45, 2.75) is 32.9 Å². The van der Waals surface area contributed by atoms with E-state index in [9.17, 15) is 0 Å². The minimum absolute atomic E-state index is 0.0933. The van der Waals surface area contributed by atoms with Crippen molar-refractivity contribution >= 4 is 0 Å². The molecule has 0 atom stereocenters. The number of hydrogen-bond acceptors (Lipinski definition) is 2. The summed E-state index contributed by atoms with van der Waals surface area (Å²) < 4.78 is 2.05. The van der Waals surface area contributed by atoms with Gasteiger partial charge in [0.05, 0.1) is 24.8 Å². The molecule has 0 amide bonds. The zero-order chi connectivity index (χ0) is 8.60. The first kappa shape index (κ1) is 7.80. The number of aliphatic hydroxyl groups excluding tert-OH is 1. The van der Waals surface area contributed by atoms with Crippen LogP contribution < -0.4 is 0 Å². The van der Waals surface area contributed by atoms with E-state index in [1.165, 1.54) is 12.8 Å². The van der Waals surface area contributed by atoms with Crippen molar-refractivity contribution in [2.75, 3.05) is 0 Å². The Hall–Kier alpha value is -0.830. The second-order valence-electron chi connectivity index (χ2n) is 3.98. The molecular weight excluding hydrogens is 152 g/mol. The smallest absolute Gasteiger partial charge is 0.0949 e. The van der Waals surface area contributed by atoms with Crippen LogP contribution in [0.2, 0.25) is 0 Å². The van der Waals surface area contributed by atoms with E-state index in [4.69, 9.17) is 5.11 Å². The van der Waals surface area contributed by atoms with Gasteiger partial charge in [-0.2, -0.15) is 0 Å². The van der Waals surface area contributed by atoms with Crippen LogP contribution in [0.25, 0.3) is 0 Å². The average Bonchev–Trinajstić information content (AvgIpc) is 2.64. The molecular formula is C9H14N2O. The van der Waals surface area contributed by atoms with Crippen LogP contribution in [0.15, 0.2) is 12.5 Å². The summed E-state index contributed by atoms with van der Waals surface area (Å²) >= 11 is 0. The molecule has 0 unspecified atom stereocenters. The van der Waals surface area contributed by atoms with Crippen LogP contribution in [0.4, 0.5) is 0 Å². The van der Waals surface area contributed by atoms with E-state index in [-0.39, 0.29) is 6.61 Å². The normalized spacial score (nSPS) is 19.5. The summed E-state index contributed by atoms with van der Waals surface area (Å²) in [6.07, 6.45) is 6.13. The topological polar surface area (TPSA) is 38.0 Å². The van der Waals surface area contributed by atoms with Gasteiger partial charge in [-0.05, 0) is 18.3 Å². The van der Waals surface area contributed by atoms with Crippen molar-refractivity contribution in [3.05, 3.63) is 18.2 Å². The summed E-state index contributed by atoms with van der Waals surface area (Å²) in [5.41, 5.74) is 1.40. The van der Waals surface area contributed by atoms with Crippen molar-refractivity contribution < 1.29 is 5.11 Å². The predicted molar refractivity (Wildman–Crippen MR) is 45.5 cm³/mol. The molecule has 0 aliphatic heterocycles. The summed E-state index contributed by atoms with van der Waals surface area (Å²) in [6.45, 7) is 3.37. The first-order valence-electron chi connectivity index (χ1n) is 4.33. The fourth-order valence-corrected chi connectivity index (χ4v) is 1.40. The number of imidazole rings is 1. The minimum Gasteiger partial charge on any atom is -0.390 e. The lowest BCUT2D eigenvalue weighted by atomic mass is 10.1. The highest BCUT2D eigenvalue weighted by molar-refractivity contribution is 4.99. The highest BCUT2D eigenvalue weighted by Crippen LogP contribution is 2.46. The number of hydrogen-bond donors (Lipinski definition) is 1. The van der Waals surface area contributed by atoms with Gasteiger partial charge in [0.25, 0.3) is 0 Å². The van der Waals surface area contributed by atoms with E-state index in [1.807, 2.05) is 4.57 Å². The molecule has 1 aromatic heterocycles. The fourth-order valence-electron chi connectivity index (χ4n) is 1.40. The zero-order valence-corrected chi connectivity index (χ0v) is 7.32. The van der Waals surface area contributed by atoms with Crippen LogP contribution in [0.3, 0.4) is 0 Å². The van der Waals surface area contributed by atoms with Crippen LogP contribution in [0, 0.1) is 5.41 Å². The van der Waals surface area contributed by atoms with Gasteiger partial charge in [0, 0.05) is 6.54 Å². The van der Waals surface area contributed by atoms with Gasteiger partial charge in [-0.1, -0.05) is 6.92 Å². The molecule has 0 bridgehead atoms. The van der Waals surface area contributed by atoms with E-state index in [0.29, 0.717) is 5.41 Å². The van der Waals surface area contributed by atoms with Crippen molar-refractivity contribution in [3.63, 3.8) is 0 Å². The van der Waals surface area contributed by atoms with E-state index in [1.54, 1.807) is 12.5 Å². The lowest BCUT2D eigenvalue weighted by Crippen LogP contribution is -2.09. The largest absolute Gasteiger partial charge is 0.390 e. The van der Waals surface area contributed by atoms with Crippen LogP contribution in [0.5, 0.6) is 0 Å². The molecule has 0 spiro atoms. The molecule has 3 nitrogen and oxygen atoms in total.